The van der Waals surface area contributed by atoms with E-state index in [2.05, 4.69) is 20.3 Å². The zero-order valence-electron chi connectivity index (χ0n) is 13.7. The summed E-state index contributed by atoms with van der Waals surface area (Å²) in [6.07, 6.45) is 1.76. The first-order chi connectivity index (χ1) is 11.6. The van der Waals surface area contributed by atoms with Crippen LogP contribution < -0.4 is 0 Å². The number of carbonyl (C=O) groups excluding carboxylic acids is 1. The van der Waals surface area contributed by atoms with Crippen LogP contribution in [0, 0.1) is 0 Å². The number of aromatic amines is 1. The lowest BCUT2D eigenvalue weighted by molar-refractivity contribution is 0.0724. The van der Waals surface area contributed by atoms with Crippen molar-refractivity contribution >= 4 is 16.8 Å². The molecule has 0 radical (unpaired) electrons. The summed E-state index contributed by atoms with van der Waals surface area (Å²) in [4.78, 5) is 19.3. The fourth-order valence-electron chi connectivity index (χ4n) is 3.16. The van der Waals surface area contributed by atoms with E-state index < -0.39 is 0 Å². The van der Waals surface area contributed by atoms with Gasteiger partial charge < -0.3 is 9.42 Å². The molecule has 1 fully saturated rings. The molecule has 1 aliphatic heterocycles. The van der Waals surface area contributed by atoms with E-state index in [0.29, 0.717) is 24.0 Å². The Hall–Kier alpha value is -2.70. The summed E-state index contributed by atoms with van der Waals surface area (Å²) < 4.78 is 5.31. The van der Waals surface area contributed by atoms with Gasteiger partial charge in [0.2, 0.25) is 5.89 Å². The van der Waals surface area contributed by atoms with Crippen LogP contribution in [0.1, 0.15) is 60.9 Å². The van der Waals surface area contributed by atoms with Crippen LogP contribution in [0.15, 0.2) is 28.8 Å². The number of H-pyrrole nitrogens is 1. The fraction of sp³-hybridized carbons (Fsp3) is 0.412. The molecular formula is C17H19N5O2. The number of benzene rings is 1. The second-order valence-corrected chi connectivity index (χ2v) is 6.42. The normalized spacial score (nSPS) is 18.0. The van der Waals surface area contributed by atoms with E-state index in [9.17, 15) is 4.79 Å². The maximum Gasteiger partial charge on any atom is 0.275 e. The van der Waals surface area contributed by atoms with Gasteiger partial charge in [0.15, 0.2) is 11.5 Å². The lowest BCUT2D eigenvalue weighted by Gasteiger charge is -2.21. The zero-order chi connectivity index (χ0) is 16.7. The average molecular weight is 325 g/mol. The van der Waals surface area contributed by atoms with Crippen molar-refractivity contribution in [2.24, 2.45) is 0 Å². The predicted molar refractivity (Wildman–Crippen MR) is 87.5 cm³/mol. The smallest absolute Gasteiger partial charge is 0.275 e. The van der Waals surface area contributed by atoms with E-state index >= 15 is 0 Å². The van der Waals surface area contributed by atoms with Crippen LogP contribution in [0.4, 0.5) is 0 Å². The Morgan fingerprint density at radius 3 is 3.00 bits per heavy atom. The Kier molecular flexibility index (Phi) is 3.55. The number of aromatic nitrogens is 4. The van der Waals surface area contributed by atoms with Gasteiger partial charge in [-0.15, -0.1) is 0 Å². The van der Waals surface area contributed by atoms with Crippen LogP contribution in [-0.2, 0) is 0 Å². The van der Waals surface area contributed by atoms with E-state index in [1.54, 1.807) is 4.90 Å². The molecule has 7 nitrogen and oxygen atoms in total. The van der Waals surface area contributed by atoms with E-state index in [-0.39, 0.29) is 17.9 Å². The topological polar surface area (TPSA) is 87.9 Å². The van der Waals surface area contributed by atoms with E-state index in [4.69, 9.17) is 4.52 Å². The number of fused-ring (bicyclic) bond motifs is 1. The summed E-state index contributed by atoms with van der Waals surface area (Å²) >= 11 is 0. The zero-order valence-corrected chi connectivity index (χ0v) is 13.7. The van der Waals surface area contributed by atoms with Gasteiger partial charge in [0, 0.05) is 17.8 Å². The Bertz CT molecular complexity index is 882. The number of hydrogen-bond donors (Lipinski definition) is 1. The minimum absolute atomic E-state index is 0.0918. The van der Waals surface area contributed by atoms with Gasteiger partial charge in [-0.2, -0.15) is 10.1 Å². The number of rotatable bonds is 3. The Morgan fingerprint density at radius 1 is 1.38 bits per heavy atom. The molecular weight excluding hydrogens is 306 g/mol. The highest BCUT2D eigenvalue weighted by atomic mass is 16.5. The molecule has 1 saturated heterocycles. The highest BCUT2D eigenvalue weighted by molar-refractivity contribution is 6.04. The maximum absolute atomic E-state index is 13.0. The van der Waals surface area contributed by atoms with Crippen LogP contribution in [0.2, 0.25) is 0 Å². The van der Waals surface area contributed by atoms with Crippen molar-refractivity contribution in [2.45, 2.75) is 38.6 Å². The van der Waals surface area contributed by atoms with Crippen LogP contribution in [0.25, 0.3) is 10.9 Å². The molecule has 0 unspecified atom stereocenters. The Morgan fingerprint density at radius 2 is 2.21 bits per heavy atom. The number of amides is 1. The van der Waals surface area contributed by atoms with Crippen LogP contribution in [0.5, 0.6) is 0 Å². The number of para-hydroxylation sites is 1. The van der Waals surface area contributed by atoms with E-state index in [0.717, 1.165) is 23.7 Å². The molecule has 4 rings (SSSR count). The lowest BCUT2D eigenvalue weighted by Crippen LogP contribution is -2.31. The molecule has 0 aliphatic carbocycles. The van der Waals surface area contributed by atoms with E-state index in [1.165, 1.54) is 0 Å². The summed E-state index contributed by atoms with van der Waals surface area (Å²) in [5, 5.41) is 12.1. The largest absolute Gasteiger partial charge is 0.339 e. The number of nitrogens with zero attached hydrogens (tertiary/aromatic N) is 4. The second-order valence-electron chi connectivity index (χ2n) is 6.42. The predicted octanol–water partition coefficient (Wildman–Crippen LogP) is 3.05. The summed E-state index contributed by atoms with van der Waals surface area (Å²) in [5.74, 6) is 1.27. The van der Waals surface area contributed by atoms with Crippen molar-refractivity contribution in [3.8, 4) is 0 Å². The average Bonchev–Trinajstić information content (AvgIpc) is 3.31. The molecule has 1 atom stereocenters. The van der Waals surface area contributed by atoms with Crippen LogP contribution in [0.3, 0.4) is 0 Å². The quantitative estimate of drug-likeness (QED) is 0.799. The van der Waals surface area contributed by atoms with Gasteiger partial charge in [0.25, 0.3) is 5.91 Å². The molecule has 24 heavy (non-hydrogen) atoms. The minimum Gasteiger partial charge on any atom is -0.339 e. The van der Waals surface area contributed by atoms with Crippen LogP contribution in [-0.4, -0.2) is 37.7 Å². The third-order valence-corrected chi connectivity index (χ3v) is 4.44. The molecule has 0 saturated carbocycles. The SMILES string of the molecule is CC(C)c1nc([C@H]2CCCN2C(=O)c2n[nH]c3ccccc23)no1. The van der Waals surface area contributed by atoms with Crippen molar-refractivity contribution < 1.29 is 9.32 Å². The molecule has 2 aromatic heterocycles. The fourth-order valence-corrected chi connectivity index (χ4v) is 3.16. The molecule has 3 heterocycles. The monoisotopic (exact) mass is 325 g/mol. The Balaban J connectivity index is 1.65. The summed E-state index contributed by atoms with van der Waals surface area (Å²) in [7, 11) is 0. The van der Waals surface area contributed by atoms with Gasteiger partial charge in [-0.05, 0) is 18.9 Å². The van der Waals surface area contributed by atoms with Crippen molar-refractivity contribution in [3.63, 3.8) is 0 Å². The number of carbonyl (C=O) groups is 1. The third kappa shape index (κ3) is 2.36. The minimum atomic E-state index is -0.149. The first-order valence-electron chi connectivity index (χ1n) is 8.22. The van der Waals surface area contributed by atoms with Gasteiger partial charge in [0.05, 0.1) is 11.6 Å². The standard InChI is InChI=1S/C17H19N5O2/c1-10(2)16-18-15(21-24-16)13-8-5-9-22(13)17(23)14-11-6-3-4-7-12(11)19-20-14/h3-4,6-7,10,13H,5,8-9H2,1-2H3,(H,19,20)/t13-/m1/s1. The summed E-state index contributed by atoms with van der Waals surface area (Å²) in [6, 6.07) is 7.49. The molecule has 7 heteroatoms. The first-order valence-corrected chi connectivity index (χ1v) is 8.22. The molecule has 1 aromatic carbocycles. The third-order valence-electron chi connectivity index (χ3n) is 4.44. The highest BCUT2D eigenvalue weighted by Crippen LogP contribution is 2.32. The molecule has 1 aliphatic rings. The summed E-state index contributed by atoms with van der Waals surface area (Å²) in [5.41, 5.74) is 1.31. The summed E-state index contributed by atoms with van der Waals surface area (Å²) in [6.45, 7) is 4.69. The van der Waals surface area contributed by atoms with Crippen LogP contribution >= 0.6 is 0 Å². The van der Waals surface area contributed by atoms with Crippen molar-refractivity contribution in [1.29, 1.82) is 0 Å². The van der Waals surface area contributed by atoms with Crippen molar-refractivity contribution in [1.82, 2.24) is 25.2 Å². The molecule has 0 spiro atoms. The highest BCUT2D eigenvalue weighted by Gasteiger charge is 2.35. The van der Waals surface area contributed by atoms with Gasteiger partial charge >= 0.3 is 0 Å². The number of likely N-dealkylation sites (tertiary alicyclic amines) is 1. The molecule has 1 N–H and O–H groups in total. The van der Waals surface area contributed by atoms with Crippen molar-refractivity contribution in [3.05, 3.63) is 41.7 Å². The van der Waals surface area contributed by atoms with Crippen molar-refractivity contribution in [2.75, 3.05) is 6.54 Å². The molecule has 0 bridgehead atoms. The second kappa shape index (κ2) is 5.74. The maximum atomic E-state index is 13.0. The van der Waals surface area contributed by atoms with Gasteiger partial charge in [-0.1, -0.05) is 37.2 Å². The first kappa shape index (κ1) is 14.9. The van der Waals surface area contributed by atoms with Gasteiger partial charge in [0.1, 0.15) is 0 Å². The number of hydrogen-bond acceptors (Lipinski definition) is 5. The lowest BCUT2D eigenvalue weighted by atomic mass is 10.1. The van der Waals surface area contributed by atoms with Gasteiger partial charge in [-0.3, -0.25) is 9.89 Å². The molecule has 3 aromatic rings. The van der Waals surface area contributed by atoms with E-state index in [1.807, 2.05) is 38.1 Å². The molecule has 1 amide bonds. The number of nitrogens with one attached hydrogen (secondary N) is 1. The van der Waals surface area contributed by atoms with Gasteiger partial charge in [-0.25, -0.2) is 0 Å². The molecule has 124 valence electrons. The Labute approximate surface area is 139 Å².